The van der Waals surface area contributed by atoms with Gasteiger partial charge in [-0.15, -0.1) is 0 Å². The van der Waals surface area contributed by atoms with Crippen molar-refractivity contribution in [2.75, 3.05) is 27.2 Å². The molecule has 0 aliphatic heterocycles. The van der Waals surface area contributed by atoms with Gasteiger partial charge in [0.15, 0.2) is 0 Å². The highest BCUT2D eigenvalue weighted by molar-refractivity contribution is 5.45. The van der Waals surface area contributed by atoms with Crippen LogP contribution in [0.1, 0.15) is 0 Å². The Balaban J connectivity index is 2.81. The van der Waals surface area contributed by atoms with E-state index in [0.29, 0.717) is 6.41 Å². The van der Waals surface area contributed by atoms with Crippen molar-refractivity contribution in [1.82, 2.24) is 10.2 Å². The first-order valence-electron chi connectivity index (χ1n) is 2.59. The second-order valence-electron chi connectivity index (χ2n) is 1.88. The third-order valence-electron chi connectivity index (χ3n) is 0.787. The highest BCUT2D eigenvalue weighted by Gasteiger charge is 1.84. The molecule has 1 amide bonds. The molecule has 0 rings (SSSR count). The first kappa shape index (κ1) is 7.43. The number of likely N-dealkylation sites (N-methyl/N-ethyl adjacent to an activating group) is 1. The second-order valence-corrected chi connectivity index (χ2v) is 1.88. The van der Waals surface area contributed by atoms with Gasteiger partial charge in [0.25, 0.3) is 0 Å². The number of rotatable bonds is 4. The fourth-order valence-corrected chi connectivity index (χ4v) is 0.347. The van der Waals surface area contributed by atoms with Crippen LogP contribution in [0.5, 0.6) is 0 Å². The molecular formula is C5H12N2O. The summed E-state index contributed by atoms with van der Waals surface area (Å²) < 4.78 is 0. The molecule has 0 bridgehead atoms. The van der Waals surface area contributed by atoms with Gasteiger partial charge < -0.3 is 10.2 Å². The van der Waals surface area contributed by atoms with Crippen molar-refractivity contribution in [3.63, 3.8) is 0 Å². The van der Waals surface area contributed by atoms with Crippen LogP contribution in [0.3, 0.4) is 0 Å². The molecule has 0 heterocycles. The van der Waals surface area contributed by atoms with Gasteiger partial charge in [0.05, 0.1) is 0 Å². The number of hydrogen-bond donors (Lipinski definition) is 1. The van der Waals surface area contributed by atoms with Gasteiger partial charge in [-0.1, -0.05) is 0 Å². The third-order valence-corrected chi connectivity index (χ3v) is 0.787. The summed E-state index contributed by atoms with van der Waals surface area (Å²) in [4.78, 5) is 11.7. The molecule has 0 aliphatic rings. The third kappa shape index (κ3) is 5.43. The maximum Gasteiger partial charge on any atom is 0.207 e. The molecule has 3 nitrogen and oxygen atoms in total. The van der Waals surface area contributed by atoms with E-state index in [9.17, 15) is 4.79 Å². The van der Waals surface area contributed by atoms with Gasteiger partial charge in [-0.25, -0.2) is 0 Å². The molecule has 0 aliphatic carbocycles. The van der Waals surface area contributed by atoms with Crippen LogP contribution in [0, 0.1) is 0 Å². The predicted octanol–water partition coefficient (Wildman–Crippen LogP) is -0.706. The molecular weight excluding hydrogens is 104 g/mol. The van der Waals surface area contributed by atoms with Crippen molar-refractivity contribution in [3.8, 4) is 0 Å². The highest BCUT2D eigenvalue weighted by Crippen LogP contribution is 1.67. The van der Waals surface area contributed by atoms with Gasteiger partial charge in [0, 0.05) is 13.1 Å². The Labute approximate surface area is 49.7 Å². The summed E-state index contributed by atoms with van der Waals surface area (Å²) in [7, 11) is 3.93. The molecule has 8 heavy (non-hydrogen) atoms. The summed E-state index contributed by atoms with van der Waals surface area (Å²) in [6, 6.07) is 0. The van der Waals surface area contributed by atoms with Crippen molar-refractivity contribution in [2.45, 2.75) is 0 Å². The molecule has 0 unspecified atom stereocenters. The van der Waals surface area contributed by atoms with E-state index in [2.05, 4.69) is 5.32 Å². The number of nitrogens with zero attached hydrogens (tertiary/aromatic N) is 1. The summed E-state index contributed by atoms with van der Waals surface area (Å²) in [5.74, 6) is 0. The minimum atomic E-state index is 0.712. The zero-order chi connectivity index (χ0) is 6.41. The van der Waals surface area contributed by atoms with Gasteiger partial charge >= 0.3 is 0 Å². The lowest BCUT2D eigenvalue weighted by atomic mass is 10.6. The maximum absolute atomic E-state index is 9.66. The van der Waals surface area contributed by atoms with Crippen LogP contribution in [0.25, 0.3) is 0 Å². The summed E-state index contributed by atoms with van der Waals surface area (Å²) in [5.41, 5.74) is 0. The summed E-state index contributed by atoms with van der Waals surface area (Å²) in [5, 5.41) is 2.56. The van der Waals surface area contributed by atoms with Crippen LogP contribution in [0.15, 0.2) is 0 Å². The van der Waals surface area contributed by atoms with Crippen LogP contribution < -0.4 is 5.32 Å². The largest absolute Gasteiger partial charge is 0.357 e. The lowest BCUT2D eigenvalue weighted by Crippen LogP contribution is -2.25. The molecule has 0 aromatic rings. The van der Waals surface area contributed by atoms with E-state index in [0.717, 1.165) is 13.1 Å². The topological polar surface area (TPSA) is 32.3 Å². The van der Waals surface area contributed by atoms with Crippen molar-refractivity contribution in [3.05, 3.63) is 0 Å². The second kappa shape index (κ2) is 4.59. The standard InChI is InChI=1S/C5H12N2O/c1-7(2)4-3-6-5-8/h5H,3-4H2,1-2H3,(H,6,8). The number of amides is 1. The van der Waals surface area contributed by atoms with Crippen molar-refractivity contribution in [1.29, 1.82) is 0 Å². The number of nitrogens with one attached hydrogen (secondary N) is 1. The van der Waals surface area contributed by atoms with E-state index < -0.39 is 0 Å². The molecule has 0 saturated heterocycles. The zero-order valence-corrected chi connectivity index (χ0v) is 5.35. The van der Waals surface area contributed by atoms with Crippen LogP contribution in [0.2, 0.25) is 0 Å². The molecule has 0 atom stereocenters. The van der Waals surface area contributed by atoms with E-state index in [4.69, 9.17) is 0 Å². The van der Waals surface area contributed by atoms with E-state index in [1.165, 1.54) is 0 Å². The van der Waals surface area contributed by atoms with Crippen LogP contribution in [-0.4, -0.2) is 38.5 Å². The monoisotopic (exact) mass is 116 g/mol. The SMILES string of the molecule is CN(C)CCNC=O. The smallest absolute Gasteiger partial charge is 0.207 e. The Morgan fingerprint density at radius 1 is 1.62 bits per heavy atom. The Hall–Kier alpha value is -0.570. The van der Waals surface area contributed by atoms with Crippen LogP contribution >= 0.6 is 0 Å². The first-order valence-corrected chi connectivity index (χ1v) is 2.59. The van der Waals surface area contributed by atoms with Crippen molar-refractivity contribution in [2.24, 2.45) is 0 Å². The fourth-order valence-electron chi connectivity index (χ4n) is 0.347. The Morgan fingerprint density at radius 2 is 2.25 bits per heavy atom. The average molecular weight is 116 g/mol. The summed E-state index contributed by atoms with van der Waals surface area (Å²) in [6.07, 6.45) is 0.712. The van der Waals surface area contributed by atoms with Gasteiger partial charge in [0.1, 0.15) is 0 Å². The lowest BCUT2D eigenvalue weighted by molar-refractivity contribution is -0.109. The number of hydrogen-bond acceptors (Lipinski definition) is 2. The minimum absolute atomic E-state index is 0.712. The number of carbonyl (C=O) groups is 1. The molecule has 1 N–H and O–H groups in total. The van der Waals surface area contributed by atoms with Crippen molar-refractivity contribution < 1.29 is 4.79 Å². The molecule has 0 aromatic carbocycles. The normalized spacial score (nSPS) is 9.38. The Kier molecular flexibility index (Phi) is 4.26. The Morgan fingerprint density at radius 3 is 2.62 bits per heavy atom. The molecule has 3 heteroatoms. The minimum Gasteiger partial charge on any atom is -0.357 e. The van der Waals surface area contributed by atoms with Crippen LogP contribution in [-0.2, 0) is 4.79 Å². The van der Waals surface area contributed by atoms with E-state index >= 15 is 0 Å². The molecule has 0 aromatic heterocycles. The van der Waals surface area contributed by atoms with E-state index in [1.54, 1.807) is 0 Å². The molecule has 0 fully saturated rings. The molecule has 48 valence electrons. The van der Waals surface area contributed by atoms with Crippen molar-refractivity contribution >= 4 is 6.41 Å². The predicted molar refractivity (Wildman–Crippen MR) is 32.6 cm³/mol. The first-order chi connectivity index (χ1) is 3.77. The molecule has 0 saturated carbocycles. The summed E-state index contributed by atoms with van der Waals surface area (Å²) in [6.45, 7) is 1.63. The fraction of sp³-hybridized carbons (Fsp3) is 0.800. The average Bonchev–Trinajstić information content (AvgIpc) is 1.66. The van der Waals surface area contributed by atoms with Gasteiger partial charge in [-0.2, -0.15) is 0 Å². The summed E-state index contributed by atoms with van der Waals surface area (Å²) >= 11 is 0. The zero-order valence-electron chi connectivity index (χ0n) is 5.35. The molecule has 0 spiro atoms. The van der Waals surface area contributed by atoms with E-state index in [1.807, 2.05) is 19.0 Å². The van der Waals surface area contributed by atoms with Gasteiger partial charge in [-0.3, -0.25) is 4.79 Å². The number of carbonyl (C=O) groups excluding carboxylic acids is 1. The lowest BCUT2D eigenvalue weighted by Gasteiger charge is -2.06. The maximum atomic E-state index is 9.66. The highest BCUT2D eigenvalue weighted by atomic mass is 16.1. The molecule has 0 radical (unpaired) electrons. The van der Waals surface area contributed by atoms with E-state index in [-0.39, 0.29) is 0 Å². The Bertz CT molecular complexity index is 63.4. The van der Waals surface area contributed by atoms with Gasteiger partial charge in [-0.05, 0) is 14.1 Å². The quantitative estimate of drug-likeness (QED) is 0.389. The van der Waals surface area contributed by atoms with Gasteiger partial charge in [0.2, 0.25) is 6.41 Å². The van der Waals surface area contributed by atoms with Crippen LogP contribution in [0.4, 0.5) is 0 Å².